The molecule has 98 valence electrons. The molecular weight excluding hydrogens is 224 g/mol. The highest BCUT2D eigenvalue weighted by atomic mass is 16.5. The van der Waals surface area contributed by atoms with Gasteiger partial charge in [0.05, 0.1) is 0 Å². The fourth-order valence-corrected chi connectivity index (χ4v) is 2.86. The number of hydrogen-bond donors (Lipinski definition) is 2. The second-order valence-corrected chi connectivity index (χ2v) is 5.66. The van der Waals surface area contributed by atoms with Crippen LogP contribution in [0.3, 0.4) is 0 Å². The molecule has 1 aromatic rings. The van der Waals surface area contributed by atoms with Crippen molar-refractivity contribution in [3.05, 3.63) is 29.3 Å². The van der Waals surface area contributed by atoms with E-state index in [1.807, 2.05) is 0 Å². The third kappa shape index (κ3) is 2.52. The average Bonchev–Trinajstić information content (AvgIpc) is 2.39. The molecule has 0 saturated carbocycles. The minimum Gasteiger partial charge on any atom is -0.487 e. The van der Waals surface area contributed by atoms with Gasteiger partial charge in [-0.3, -0.25) is 0 Å². The minimum absolute atomic E-state index is 0.00157. The Morgan fingerprint density at radius 2 is 1.89 bits per heavy atom. The van der Waals surface area contributed by atoms with Crippen molar-refractivity contribution in [3.8, 4) is 5.75 Å². The molecule has 0 radical (unpaired) electrons. The van der Waals surface area contributed by atoms with E-state index >= 15 is 0 Å². The van der Waals surface area contributed by atoms with E-state index in [1.54, 1.807) is 0 Å². The second-order valence-electron chi connectivity index (χ2n) is 5.66. The molecule has 0 unspecified atom stereocenters. The Hall–Kier alpha value is -1.06. The predicted molar refractivity (Wildman–Crippen MR) is 73.0 cm³/mol. The molecule has 3 rings (SSSR count). The van der Waals surface area contributed by atoms with Crippen molar-refractivity contribution in [1.82, 2.24) is 10.6 Å². The molecule has 2 N–H and O–H groups in total. The lowest BCUT2D eigenvalue weighted by molar-refractivity contribution is 0.0555. The highest BCUT2D eigenvalue weighted by molar-refractivity contribution is 5.37. The van der Waals surface area contributed by atoms with Crippen molar-refractivity contribution in [3.63, 3.8) is 0 Å². The van der Waals surface area contributed by atoms with Crippen molar-refractivity contribution in [2.75, 3.05) is 19.6 Å². The zero-order valence-electron chi connectivity index (χ0n) is 11.1. The normalized spacial score (nSPS) is 22.3. The third-order valence-electron chi connectivity index (χ3n) is 4.09. The first-order chi connectivity index (χ1) is 8.75. The summed E-state index contributed by atoms with van der Waals surface area (Å²) in [6, 6.07) is 6.59. The van der Waals surface area contributed by atoms with Gasteiger partial charge in [0.25, 0.3) is 0 Å². The fourth-order valence-electron chi connectivity index (χ4n) is 2.86. The van der Waals surface area contributed by atoms with Crippen LogP contribution in [-0.4, -0.2) is 25.2 Å². The van der Waals surface area contributed by atoms with E-state index in [0.29, 0.717) is 0 Å². The molecule has 0 amide bonds. The monoisotopic (exact) mass is 246 g/mol. The number of benzene rings is 1. The van der Waals surface area contributed by atoms with Gasteiger partial charge < -0.3 is 15.4 Å². The number of ether oxygens (including phenoxy) is 1. The van der Waals surface area contributed by atoms with Crippen LogP contribution in [0, 0.1) is 0 Å². The highest BCUT2D eigenvalue weighted by Gasteiger charge is 2.28. The predicted octanol–water partition coefficient (Wildman–Crippen LogP) is 1.85. The molecule has 2 heterocycles. The van der Waals surface area contributed by atoms with E-state index in [2.05, 4.69) is 35.8 Å². The van der Waals surface area contributed by atoms with Gasteiger partial charge in [-0.05, 0) is 69.1 Å². The number of piperidine rings is 1. The van der Waals surface area contributed by atoms with Gasteiger partial charge in [0.1, 0.15) is 11.4 Å². The molecule has 2 aliphatic heterocycles. The van der Waals surface area contributed by atoms with Crippen LogP contribution in [0.1, 0.15) is 30.9 Å². The van der Waals surface area contributed by atoms with Crippen molar-refractivity contribution < 1.29 is 4.74 Å². The third-order valence-corrected chi connectivity index (χ3v) is 4.09. The molecule has 1 fully saturated rings. The van der Waals surface area contributed by atoms with E-state index in [-0.39, 0.29) is 5.60 Å². The van der Waals surface area contributed by atoms with Gasteiger partial charge in [-0.2, -0.15) is 0 Å². The zero-order chi connectivity index (χ0) is 12.4. The van der Waals surface area contributed by atoms with E-state index in [1.165, 1.54) is 11.1 Å². The van der Waals surface area contributed by atoms with Crippen LogP contribution in [0.25, 0.3) is 0 Å². The highest BCUT2D eigenvalue weighted by Crippen LogP contribution is 2.28. The molecular formula is C15H22N2O. The summed E-state index contributed by atoms with van der Waals surface area (Å²) >= 11 is 0. The van der Waals surface area contributed by atoms with E-state index < -0.39 is 0 Å². The molecule has 0 aliphatic carbocycles. The van der Waals surface area contributed by atoms with Crippen molar-refractivity contribution in [2.24, 2.45) is 0 Å². The van der Waals surface area contributed by atoms with Crippen LogP contribution in [0.4, 0.5) is 0 Å². The summed E-state index contributed by atoms with van der Waals surface area (Å²) in [4.78, 5) is 0. The zero-order valence-corrected chi connectivity index (χ0v) is 11.1. The molecule has 1 aromatic carbocycles. The summed E-state index contributed by atoms with van der Waals surface area (Å²) in [6.45, 7) is 6.42. The van der Waals surface area contributed by atoms with Crippen molar-refractivity contribution >= 4 is 0 Å². The summed E-state index contributed by atoms with van der Waals surface area (Å²) in [7, 11) is 0. The maximum Gasteiger partial charge on any atom is 0.120 e. The van der Waals surface area contributed by atoms with Gasteiger partial charge in [0.15, 0.2) is 0 Å². The quantitative estimate of drug-likeness (QED) is 0.835. The minimum atomic E-state index is 0.00157. The van der Waals surface area contributed by atoms with Crippen LogP contribution < -0.4 is 15.4 Å². The molecule has 3 heteroatoms. The summed E-state index contributed by atoms with van der Waals surface area (Å²) in [5.74, 6) is 1.03. The van der Waals surface area contributed by atoms with Crippen molar-refractivity contribution in [2.45, 2.75) is 38.3 Å². The number of nitrogens with one attached hydrogen (secondary N) is 2. The van der Waals surface area contributed by atoms with Gasteiger partial charge in [-0.15, -0.1) is 0 Å². The fraction of sp³-hybridized carbons (Fsp3) is 0.600. The first-order valence-electron chi connectivity index (χ1n) is 6.97. The Morgan fingerprint density at radius 1 is 1.06 bits per heavy atom. The number of fused-ring (bicyclic) bond motifs is 1. The van der Waals surface area contributed by atoms with Gasteiger partial charge >= 0.3 is 0 Å². The van der Waals surface area contributed by atoms with E-state index in [0.717, 1.165) is 51.2 Å². The maximum atomic E-state index is 6.24. The van der Waals surface area contributed by atoms with Crippen LogP contribution in [0.5, 0.6) is 5.75 Å². The smallest absolute Gasteiger partial charge is 0.120 e. The molecule has 0 bridgehead atoms. The van der Waals surface area contributed by atoms with E-state index in [9.17, 15) is 0 Å². The van der Waals surface area contributed by atoms with Gasteiger partial charge in [-0.25, -0.2) is 0 Å². The lowest BCUT2D eigenvalue weighted by atomic mass is 9.94. The van der Waals surface area contributed by atoms with E-state index in [4.69, 9.17) is 4.74 Å². The number of rotatable bonds is 2. The Morgan fingerprint density at radius 3 is 2.72 bits per heavy atom. The lowest BCUT2D eigenvalue weighted by Gasteiger charge is -2.35. The van der Waals surface area contributed by atoms with Gasteiger partial charge in [0.2, 0.25) is 0 Å². The SMILES string of the molecule is CC1(Oc2ccc3c(c2)CNCC3)CCNCC1. The Bertz CT molecular complexity index is 425. The topological polar surface area (TPSA) is 33.3 Å². The Balaban J connectivity index is 1.76. The summed E-state index contributed by atoms with van der Waals surface area (Å²) < 4.78 is 6.24. The standard InChI is InChI=1S/C15H22N2O/c1-15(5-8-16-9-6-15)18-14-3-2-12-4-7-17-11-13(12)10-14/h2-3,10,16-17H,4-9,11H2,1H3. The largest absolute Gasteiger partial charge is 0.487 e. The Kier molecular flexibility index (Phi) is 3.27. The lowest BCUT2D eigenvalue weighted by Crippen LogP contribution is -2.43. The first kappa shape index (κ1) is 12.0. The van der Waals surface area contributed by atoms with Crippen LogP contribution in [-0.2, 0) is 13.0 Å². The summed E-state index contributed by atoms with van der Waals surface area (Å²) in [5.41, 5.74) is 2.87. The molecule has 0 atom stereocenters. The molecule has 1 saturated heterocycles. The Labute approximate surface area is 109 Å². The molecule has 3 nitrogen and oxygen atoms in total. The molecule has 0 aromatic heterocycles. The molecule has 0 spiro atoms. The average molecular weight is 246 g/mol. The van der Waals surface area contributed by atoms with Gasteiger partial charge in [0, 0.05) is 6.54 Å². The molecule has 18 heavy (non-hydrogen) atoms. The van der Waals surface area contributed by atoms with Crippen LogP contribution in [0.2, 0.25) is 0 Å². The second kappa shape index (κ2) is 4.90. The summed E-state index contributed by atoms with van der Waals surface area (Å²) in [6.07, 6.45) is 3.31. The molecule has 2 aliphatic rings. The summed E-state index contributed by atoms with van der Waals surface area (Å²) in [5, 5.41) is 6.80. The number of hydrogen-bond acceptors (Lipinski definition) is 3. The van der Waals surface area contributed by atoms with Crippen molar-refractivity contribution in [1.29, 1.82) is 0 Å². The van der Waals surface area contributed by atoms with Crippen LogP contribution >= 0.6 is 0 Å². The first-order valence-corrected chi connectivity index (χ1v) is 6.97. The van der Waals surface area contributed by atoms with Crippen LogP contribution in [0.15, 0.2) is 18.2 Å². The van der Waals surface area contributed by atoms with Gasteiger partial charge in [-0.1, -0.05) is 6.07 Å². The maximum absolute atomic E-state index is 6.24.